The Morgan fingerprint density at radius 3 is 2.10 bits per heavy atom. The number of hydrogen-bond donors (Lipinski definition) is 0. The van der Waals surface area contributed by atoms with Gasteiger partial charge in [0, 0.05) is 25.2 Å². The van der Waals surface area contributed by atoms with Crippen LogP contribution in [0, 0.1) is 11.2 Å². The third-order valence-corrected chi connectivity index (χ3v) is 8.10. The van der Waals surface area contributed by atoms with E-state index in [2.05, 4.69) is 17.0 Å². The second kappa shape index (κ2) is 12.3. The van der Waals surface area contributed by atoms with Gasteiger partial charge in [0.05, 0.1) is 31.5 Å². The molecule has 0 N–H and O–H groups in total. The number of carbonyl (C=O) groups is 2. The summed E-state index contributed by atoms with van der Waals surface area (Å²) in [5, 5.41) is 0. The number of rotatable bonds is 9. The van der Waals surface area contributed by atoms with Crippen molar-refractivity contribution in [3.63, 3.8) is 0 Å². The number of halogens is 1. The van der Waals surface area contributed by atoms with Gasteiger partial charge in [-0.15, -0.1) is 0 Å². The Morgan fingerprint density at radius 2 is 1.54 bits per heavy atom. The summed E-state index contributed by atoms with van der Waals surface area (Å²) in [6, 6.07) is 17.6. The smallest absolute Gasteiger partial charge is 0.337 e. The lowest BCUT2D eigenvalue weighted by molar-refractivity contribution is -0.118. The van der Waals surface area contributed by atoms with Gasteiger partial charge in [-0.05, 0) is 105 Å². The maximum atomic E-state index is 13.6. The van der Waals surface area contributed by atoms with E-state index in [0.717, 1.165) is 66.4 Å². The van der Waals surface area contributed by atoms with Crippen molar-refractivity contribution < 1.29 is 28.2 Å². The number of piperidine rings is 1. The summed E-state index contributed by atoms with van der Waals surface area (Å²) < 4.78 is 30.5. The van der Waals surface area contributed by atoms with Crippen molar-refractivity contribution in [2.45, 2.75) is 39.7 Å². The Morgan fingerprint density at radius 1 is 0.927 bits per heavy atom. The highest BCUT2D eigenvalue weighted by Gasteiger charge is 2.45. The highest BCUT2D eigenvalue weighted by Crippen LogP contribution is 2.44. The van der Waals surface area contributed by atoms with E-state index in [0.29, 0.717) is 31.7 Å². The average molecular weight is 561 g/mol. The largest absolute Gasteiger partial charge is 0.493 e. The summed E-state index contributed by atoms with van der Waals surface area (Å²) in [5.41, 5.74) is 4.01. The lowest BCUT2D eigenvalue weighted by Gasteiger charge is -2.39. The van der Waals surface area contributed by atoms with Gasteiger partial charge in [-0.2, -0.15) is 0 Å². The van der Waals surface area contributed by atoms with E-state index in [9.17, 15) is 14.0 Å². The van der Waals surface area contributed by atoms with Crippen LogP contribution in [0.4, 0.5) is 10.1 Å². The lowest BCUT2D eigenvalue weighted by atomic mass is 9.77. The van der Waals surface area contributed by atoms with Crippen LogP contribution in [0.5, 0.6) is 11.5 Å². The molecule has 1 spiro atoms. The Labute approximate surface area is 240 Å². The molecule has 2 saturated heterocycles. The van der Waals surface area contributed by atoms with E-state index < -0.39 is 0 Å². The molecule has 2 heterocycles. The fourth-order valence-electron chi connectivity index (χ4n) is 5.98. The quantitative estimate of drug-likeness (QED) is 0.295. The topological polar surface area (TPSA) is 68.3 Å². The van der Waals surface area contributed by atoms with Gasteiger partial charge in [0.2, 0.25) is 5.91 Å². The monoisotopic (exact) mass is 560 g/mol. The molecule has 0 aliphatic carbocycles. The fourth-order valence-corrected chi connectivity index (χ4v) is 5.98. The number of esters is 1. The molecule has 0 bridgehead atoms. The SMILES string of the molecule is CCOc1cc(CN2CCC3(CC2)CC(=O)N(c2ccc(C(=O)OC)cc2)C3)cc(OCC)c1-c1ccc(F)cc1. The summed E-state index contributed by atoms with van der Waals surface area (Å²) in [5.74, 6) is 0.906. The molecule has 0 saturated carbocycles. The van der Waals surface area contributed by atoms with E-state index in [1.807, 2.05) is 30.9 Å². The van der Waals surface area contributed by atoms with Crippen LogP contribution in [0.15, 0.2) is 60.7 Å². The molecule has 0 radical (unpaired) electrons. The van der Waals surface area contributed by atoms with Crippen LogP contribution >= 0.6 is 0 Å². The maximum Gasteiger partial charge on any atom is 0.337 e. The first kappa shape index (κ1) is 28.6. The van der Waals surface area contributed by atoms with Crippen LogP contribution in [0.25, 0.3) is 11.1 Å². The van der Waals surface area contributed by atoms with Crippen molar-refractivity contribution in [3.8, 4) is 22.6 Å². The molecule has 0 unspecified atom stereocenters. The Bertz CT molecular complexity index is 1350. The molecule has 7 nitrogen and oxygen atoms in total. The number of ether oxygens (including phenoxy) is 3. The highest BCUT2D eigenvalue weighted by molar-refractivity contribution is 5.97. The van der Waals surface area contributed by atoms with Gasteiger partial charge < -0.3 is 19.1 Å². The number of carbonyl (C=O) groups excluding carboxylic acids is 2. The molecular formula is C33H37FN2O5. The minimum atomic E-state index is -0.389. The van der Waals surface area contributed by atoms with Crippen molar-refractivity contribution >= 4 is 17.6 Å². The molecule has 0 atom stereocenters. The first-order chi connectivity index (χ1) is 19.8. The van der Waals surface area contributed by atoms with Crippen molar-refractivity contribution in [1.82, 2.24) is 4.90 Å². The summed E-state index contributed by atoms with van der Waals surface area (Å²) in [4.78, 5) is 29.1. The molecule has 8 heteroatoms. The second-order valence-electron chi connectivity index (χ2n) is 10.8. The second-order valence-corrected chi connectivity index (χ2v) is 10.8. The molecule has 216 valence electrons. The molecule has 1 amide bonds. The van der Waals surface area contributed by atoms with Gasteiger partial charge in [0.25, 0.3) is 0 Å². The average Bonchev–Trinajstić information content (AvgIpc) is 3.30. The zero-order chi connectivity index (χ0) is 29.0. The maximum absolute atomic E-state index is 13.6. The van der Waals surface area contributed by atoms with Crippen molar-refractivity contribution in [3.05, 3.63) is 77.6 Å². The van der Waals surface area contributed by atoms with E-state index in [-0.39, 0.29) is 23.1 Å². The van der Waals surface area contributed by atoms with Crippen LogP contribution in [0.3, 0.4) is 0 Å². The minimum Gasteiger partial charge on any atom is -0.493 e. The molecule has 3 aromatic rings. The molecule has 2 aliphatic rings. The van der Waals surface area contributed by atoms with Crippen LogP contribution < -0.4 is 14.4 Å². The zero-order valence-electron chi connectivity index (χ0n) is 24.0. The zero-order valence-corrected chi connectivity index (χ0v) is 24.0. The third kappa shape index (κ3) is 6.22. The summed E-state index contributed by atoms with van der Waals surface area (Å²) in [6.45, 7) is 8.11. The number of amides is 1. The molecule has 5 rings (SSSR count). The van der Waals surface area contributed by atoms with Gasteiger partial charge in [-0.3, -0.25) is 9.69 Å². The van der Waals surface area contributed by atoms with Crippen LogP contribution in [-0.2, 0) is 16.1 Å². The number of likely N-dealkylation sites (tertiary alicyclic amines) is 1. The number of benzene rings is 3. The van der Waals surface area contributed by atoms with E-state index in [4.69, 9.17) is 14.2 Å². The Kier molecular flexibility index (Phi) is 8.59. The molecule has 3 aromatic carbocycles. The number of nitrogens with zero attached hydrogens (tertiary/aromatic N) is 2. The molecule has 41 heavy (non-hydrogen) atoms. The first-order valence-electron chi connectivity index (χ1n) is 14.2. The van der Waals surface area contributed by atoms with E-state index in [1.165, 1.54) is 19.2 Å². The van der Waals surface area contributed by atoms with Gasteiger partial charge in [-0.25, -0.2) is 9.18 Å². The summed E-state index contributed by atoms with van der Waals surface area (Å²) >= 11 is 0. The standard InChI is InChI=1S/C33H37FN2O5/c1-4-40-28-18-23(19-29(41-5-2)31(28)24-6-10-26(34)11-7-24)21-35-16-14-33(15-17-35)20-30(37)36(22-33)27-12-8-25(9-13-27)32(38)39-3/h6-13,18-19H,4-5,14-17,20-22H2,1-3H3. The fraction of sp³-hybridized carbons (Fsp3) is 0.394. The van der Waals surface area contributed by atoms with Crippen LogP contribution in [0.1, 0.15) is 49.0 Å². The molecule has 2 fully saturated rings. The van der Waals surface area contributed by atoms with Gasteiger partial charge in [-0.1, -0.05) is 12.1 Å². The van der Waals surface area contributed by atoms with Crippen molar-refractivity contribution in [2.24, 2.45) is 5.41 Å². The summed E-state index contributed by atoms with van der Waals surface area (Å²) in [7, 11) is 1.36. The number of anilines is 1. The lowest BCUT2D eigenvalue weighted by Crippen LogP contribution is -2.41. The van der Waals surface area contributed by atoms with Crippen molar-refractivity contribution in [2.75, 3.05) is 44.9 Å². The minimum absolute atomic E-state index is 0.0476. The highest BCUT2D eigenvalue weighted by atomic mass is 19.1. The van der Waals surface area contributed by atoms with Crippen LogP contribution in [-0.4, -0.2) is 56.7 Å². The normalized spacial score (nSPS) is 16.7. The predicted molar refractivity (Wildman–Crippen MR) is 156 cm³/mol. The van der Waals surface area contributed by atoms with Gasteiger partial charge in [0.15, 0.2) is 0 Å². The van der Waals surface area contributed by atoms with Gasteiger partial charge in [0.1, 0.15) is 17.3 Å². The third-order valence-electron chi connectivity index (χ3n) is 8.10. The molecule has 0 aromatic heterocycles. The number of methoxy groups -OCH3 is 1. The van der Waals surface area contributed by atoms with E-state index >= 15 is 0 Å². The number of hydrogen-bond acceptors (Lipinski definition) is 6. The Balaban J connectivity index is 1.28. The molecule has 2 aliphatic heterocycles. The van der Waals surface area contributed by atoms with Crippen LogP contribution in [0.2, 0.25) is 0 Å². The van der Waals surface area contributed by atoms with E-state index in [1.54, 1.807) is 24.3 Å². The summed E-state index contributed by atoms with van der Waals surface area (Å²) in [6.07, 6.45) is 2.40. The predicted octanol–water partition coefficient (Wildman–Crippen LogP) is 6.10. The molecular weight excluding hydrogens is 523 g/mol. The first-order valence-corrected chi connectivity index (χ1v) is 14.2. The Hall–Kier alpha value is -3.91. The van der Waals surface area contributed by atoms with Gasteiger partial charge >= 0.3 is 5.97 Å². The van der Waals surface area contributed by atoms with Crippen molar-refractivity contribution in [1.29, 1.82) is 0 Å².